The van der Waals surface area contributed by atoms with Crippen LogP contribution in [0.25, 0.3) is 0 Å². The quantitative estimate of drug-likeness (QED) is 0.628. The van der Waals surface area contributed by atoms with E-state index in [1.54, 1.807) is 17.2 Å². The number of hydrogen-bond donors (Lipinski definition) is 1. The van der Waals surface area contributed by atoms with E-state index in [4.69, 9.17) is 4.84 Å². The Morgan fingerprint density at radius 1 is 1.32 bits per heavy atom. The minimum absolute atomic E-state index is 0.174. The van der Waals surface area contributed by atoms with E-state index in [2.05, 4.69) is 5.32 Å². The van der Waals surface area contributed by atoms with E-state index < -0.39 is 5.41 Å². The summed E-state index contributed by atoms with van der Waals surface area (Å²) in [4.78, 5) is 28.0. The molecule has 2 rings (SSSR count). The Morgan fingerprint density at radius 2 is 1.96 bits per heavy atom. The van der Waals surface area contributed by atoms with E-state index in [-0.39, 0.29) is 16.6 Å². The smallest absolute Gasteiger partial charge is 0.330 e. The van der Waals surface area contributed by atoms with Crippen LogP contribution in [0, 0.1) is 15.5 Å². The summed E-state index contributed by atoms with van der Waals surface area (Å²) in [5, 5.41) is 16.2. The molecule has 0 amide bonds. The molecule has 1 N–H and O–H groups in total. The molecule has 138 valence electrons. The maximum atomic E-state index is 11.9. The van der Waals surface area contributed by atoms with E-state index in [9.17, 15) is 14.9 Å². The first-order valence-electron chi connectivity index (χ1n) is 8.70. The lowest BCUT2D eigenvalue weighted by molar-refractivity contribution is -0.385. The Balaban J connectivity index is 1.73. The number of nitro benzene ring substituents is 1. The number of carbonyl (C=O) groups excluding carboxylic acids is 1. The van der Waals surface area contributed by atoms with Crippen LogP contribution in [0.1, 0.15) is 39.2 Å². The Bertz CT molecular complexity index is 605. The molecule has 0 unspecified atom stereocenters. The molecular formula is C18H27N3O4. The third-order valence-electron chi connectivity index (χ3n) is 4.29. The lowest BCUT2D eigenvalue weighted by Crippen LogP contribution is -2.44. The van der Waals surface area contributed by atoms with Crippen molar-refractivity contribution in [1.82, 2.24) is 10.4 Å². The number of hydrogen-bond acceptors (Lipinski definition) is 6. The van der Waals surface area contributed by atoms with Crippen LogP contribution < -0.4 is 5.32 Å². The lowest BCUT2D eigenvalue weighted by Gasteiger charge is -2.32. The molecule has 0 spiro atoms. The second-order valence-electron chi connectivity index (χ2n) is 7.42. The zero-order valence-electron chi connectivity index (χ0n) is 15.2. The molecule has 1 aliphatic heterocycles. The molecule has 1 aromatic carbocycles. The van der Waals surface area contributed by atoms with Crippen LogP contribution in [0.15, 0.2) is 24.3 Å². The lowest BCUT2D eigenvalue weighted by atomic mass is 9.98. The minimum atomic E-state index is -0.500. The molecule has 1 aliphatic rings. The average Bonchev–Trinajstić information content (AvgIpc) is 2.56. The summed E-state index contributed by atoms with van der Waals surface area (Å²) in [6.07, 6.45) is 2.39. The summed E-state index contributed by atoms with van der Waals surface area (Å²) < 4.78 is 0. The predicted octanol–water partition coefficient (Wildman–Crippen LogP) is 2.70. The first-order valence-corrected chi connectivity index (χ1v) is 8.70. The standard InChI is InChI=1S/C18H27N3O4/c1-18(2,3)17(22)25-20-12-9-15(10-13-20)19-11-8-14-6-4-5-7-16(14)21(23)24/h4-7,15,19H,8-13H2,1-3H3. The number of benzene rings is 1. The molecule has 0 bridgehead atoms. The van der Waals surface area contributed by atoms with Gasteiger partial charge in [-0.05, 0) is 46.6 Å². The zero-order valence-corrected chi connectivity index (χ0v) is 15.2. The van der Waals surface area contributed by atoms with Crippen LogP contribution in [-0.2, 0) is 16.1 Å². The highest BCUT2D eigenvalue weighted by atomic mass is 16.7. The molecule has 1 fully saturated rings. The van der Waals surface area contributed by atoms with Crippen molar-refractivity contribution < 1.29 is 14.6 Å². The SMILES string of the molecule is CC(C)(C)C(=O)ON1CCC(NCCc2ccccc2[N+](=O)[O-])CC1. The van der Waals surface area contributed by atoms with Crippen LogP contribution in [0.3, 0.4) is 0 Å². The molecule has 0 atom stereocenters. The van der Waals surface area contributed by atoms with Crippen molar-refractivity contribution in [3.63, 3.8) is 0 Å². The van der Waals surface area contributed by atoms with Crippen LogP contribution in [0.4, 0.5) is 5.69 Å². The van der Waals surface area contributed by atoms with Gasteiger partial charge in [-0.1, -0.05) is 18.2 Å². The van der Waals surface area contributed by atoms with Gasteiger partial charge in [-0.25, -0.2) is 4.79 Å². The first-order chi connectivity index (χ1) is 11.8. The van der Waals surface area contributed by atoms with E-state index >= 15 is 0 Å². The van der Waals surface area contributed by atoms with Gasteiger partial charge in [-0.3, -0.25) is 10.1 Å². The Hall–Kier alpha value is -1.99. The van der Waals surface area contributed by atoms with E-state index in [0.29, 0.717) is 32.1 Å². The van der Waals surface area contributed by atoms with Crippen molar-refractivity contribution in [2.24, 2.45) is 5.41 Å². The van der Waals surface area contributed by atoms with Crippen molar-refractivity contribution in [2.75, 3.05) is 19.6 Å². The number of hydroxylamine groups is 2. The van der Waals surface area contributed by atoms with E-state index in [1.807, 2.05) is 26.8 Å². The van der Waals surface area contributed by atoms with Gasteiger partial charge in [-0.2, -0.15) is 0 Å². The molecule has 25 heavy (non-hydrogen) atoms. The van der Waals surface area contributed by atoms with Crippen molar-refractivity contribution in [1.29, 1.82) is 0 Å². The van der Waals surface area contributed by atoms with E-state index in [1.165, 1.54) is 6.07 Å². The number of piperidine rings is 1. The van der Waals surface area contributed by atoms with Crippen LogP contribution >= 0.6 is 0 Å². The monoisotopic (exact) mass is 349 g/mol. The number of nitro groups is 1. The van der Waals surface area contributed by atoms with Gasteiger partial charge in [0.05, 0.1) is 10.3 Å². The zero-order chi connectivity index (χ0) is 18.4. The fourth-order valence-electron chi connectivity index (χ4n) is 2.72. The van der Waals surface area contributed by atoms with Crippen molar-refractivity contribution in [2.45, 2.75) is 46.1 Å². The van der Waals surface area contributed by atoms with Gasteiger partial charge in [0.1, 0.15) is 0 Å². The summed E-state index contributed by atoms with van der Waals surface area (Å²) in [7, 11) is 0. The third-order valence-corrected chi connectivity index (χ3v) is 4.29. The highest BCUT2D eigenvalue weighted by Gasteiger charge is 2.28. The van der Waals surface area contributed by atoms with Gasteiger partial charge in [0.2, 0.25) is 0 Å². The molecular weight excluding hydrogens is 322 g/mol. The molecule has 7 heteroatoms. The van der Waals surface area contributed by atoms with Crippen molar-refractivity contribution >= 4 is 11.7 Å². The van der Waals surface area contributed by atoms with Gasteiger partial charge in [0, 0.05) is 30.8 Å². The number of nitrogens with zero attached hydrogens (tertiary/aromatic N) is 2. The summed E-state index contributed by atoms with van der Waals surface area (Å²) in [6.45, 7) is 7.61. The molecule has 0 saturated carbocycles. The molecule has 1 aromatic rings. The molecule has 0 radical (unpaired) electrons. The Morgan fingerprint density at radius 3 is 2.56 bits per heavy atom. The summed E-state index contributed by atoms with van der Waals surface area (Å²) in [6, 6.07) is 7.19. The molecule has 0 aromatic heterocycles. The minimum Gasteiger partial charge on any atom is -0.367 e. The molecule has 1 heterocycles. The summed E-state index contributed by atoms with van der Waals surface area (Å²) in [5.41, 5.74) is 0.421. The van der Waals surface area contributed by atoms with Gasteiger partial charge in [-0.15, -0.1) is 5.06 Å². The van der Waals surface area contributed by atoms with Crippen LogP contribution in [0.2, 0.25) is 0 Å². The average molecular weight is 349 g/mol. The second-order valence-corrected chi connectivity index (χ2v) is 7.42. The third kappa shape index (κ3) is 5.79. The number of nitrogens with one attached hydrogen (secondary N) is 1. The number of carbonyl (C=O) groups is 1. The number of rotatable bonds is 6. The highest BCUT2D eigenvalue weighted by Crippen LogP contribution is 2.20. The summed E-state index contributed by atoms with van der Waals surface area (Å²) >= 11 is 0. The molecule has 1 saturated heterocycles. The maximum Gasteiger partial charge on any atom is 0.330 e. The van der Waals surface area contributed by atoms with Crippen molar-refractivity contribution in [3.05, 3.63) is 39.9 Å². The van der Waals surface area contributed by atoms with Gasteiger partial charge in [0.25, 0.3) is 5.69 Å². The number of para-hydroxylation sites is 1. The van der Waals surface area contributed by atoms with Gasteiger partial charge in [0.15, 0.2) is 0 Å². The molecule has 7 nitrogen and oxygen atoms in total. The first kappa shape index (κ1) is 19.3. The fraction of sp³-hybridized carbons (Fsp3) is 0.611. The largest absolute Gasteiger partial charge is 0.367 e. The van der Waals surface area contributed by atoms with Gasteiger partial charge >= 0.3 is 5.97 Å². The fourth-order valence-corrected chi connectivity index (χ4v) is 2.72. The van der Waals surface area contributed by atoms with Crippen LogP contribution in [-0.4, -0.2) is 41.6 Å². The maximum absolute atomic E-state index is 11.9. The summed E-state index contributed by atoms with van der Waals surface area (Å²) in [5.74, 6) is -0.213. The van der Waals surface area contributed by atoms with Gasteiger partial charge < -0.3 is 10.2 Å². The van der Waals surface area contributed by atoms with Crippen molar-refractivity contribution in [3.8, 4) is 0 Å². The van der Waals surface area contributed by atoms with E-state index in [0.717, 1.165) is 18.4 Å². The highest BCUT2D eigenvalue weighted by molar-refractivity contribution is 5.75. The Labute approximate surface area is 148 Å². The second kappa shape index (κ2) is 8.40. The Kier molecular flexibility index (Phi) is 6.50. The topological polar surface area (TPSA) is 84.7 Å². The normalized spacial score (nSPS) is 16.6. The molecule has 0 aliphatic carbocycles. The van der Waals surface area contributed by atoms with Crippen LogP contribution in [0.5, 0.6) is 0 Å². The predicted molar refractivity (Wildman–Crippen MR) is 94.9 cm³/mol.